The first-order chi connectivity index (χ1) is 9.47. The molecule has 1 aromatic heterocycles. The predicted octanol–water partition coefficient (Wildman–Crippen LogP) is 2.34. The fourth-order valence-corrected chi connectivity index (χ4v) is 2.89. The van der Waals surface area contributed by atoms with Crippen LogP contribution in [-0.2, 0) is 6.42 Å². The highest BCUT2D eigenvalue weighted by Gasteiger charge is 2.22. The van der Waals surface area contributed by atoms with Gasteiger partial charge in [0.05, 0.1) is 0 Å². The lowest BCUT2D eigenvalue weighted by Gasteiger charge is -2.30. The summed E-state index contributed by atoms with van der Waals surface area (Å²) in [6.45, 7) is 2.97. The number of nitrogen functional groups attached to an aromatic ring is 1. The van der Waals surface area contributed by atoms with Gasteiger partial charge in [-0.05, 0) is 38.5 Å². The van der Waals surface area contributed by atoms with Gasteiger partial charge >= 0.3 is 6.09 Å². The SMILES string of the molecule is Cc1nc(N)c(CCC2CCN(C(=O)O)CC2)c(Cl)n1. The van der Waals surface area contributed by atoms with Crippen molar-refractivity contribution in [1.82, 2.24) is 14.9 Å². The van der Waals surface area contributed by atoms with Crippen LogP contribution in [0.1, 0.15) is 30.7 Å². The topological polar surface area (TPSA) is 92.3 Å². The molecular formula is C13H19ClN4O2. The van der Waals surface area contributed by atoms with E-state index in [2.05, 4.69) is 9.97 Å². The molecule has 1 aliphatic heterocycles. The van der Waals surface area contributed by atoms with Gasteiger partial charge in [0.2, 0.25) is 0 Å². The van der Waals surface area contributed by atoms with Crippen molar-refractivity contribution >= 4 is 23.5 Å². The Morgan fingerprint density at radius 2 is 2.10 bits per heavy atom. The van der Waals surface area contributed by atoms with Crippen molar-refractivity contribution in [2.75, 3.05) is 18.8 Å². The van der Waals surface area contributed by atoms with Crippen molar-refractivity contribution in [1.29, 1.82) is 0 Å². The van der Waals surface area contributed by atoms with Crippen molar-refractivity contribution in [2.45, 2.75) is 32.6 Å². The van der Waals surface area contributed by atoms with Crippen LogP contribution in [0.2, 0.25) is 5.15 Å². The molecule has 7 heteroatoms. The Balaban J connectivity index is 1.89. The largest absolute Gasteiger partial charge is 0.465 e. The molecule has 1 aromatic rings. The zero-order valence-electron chi connectivity index (χ0n) is 11.5. The molecule has 1 amide bonds. The highest BCUT2D eigenvalue weighted by atomic mass is 35.5. The third-order valence-electron chi connectivity index (χ3n) is 3.79. The van der Waals surface area contributed by atoms with E-state index in [1.165, 1.54) is 4.90 Å². The molecule has 3 N–H and O–H groups in total. The van der Waals surface area contributed by atoms with Gasteiger partial charge < -0.3 is 15.7 Å². The summed E-state index contributed by atoms with van der Waals surface area (Å²) in [7, 11) is 0. The smallest absolute Gasteiger partial charge is 0.407 e. The van der Waals surface area contributed by atoms with Crippen LogP contribution in [0.3, 0.4) is 0 Å². The maximum absolute atomic E-state index is 10.8. The number of hydrogen-bond donors (Lipinski definition) is 2. The minimum Gasteiger partial charge on any atom is -0.465 e. The first kappa shape index (κ1) is 14.8. The molecule has 0 saturated carbocycles. The number of amides is 1. The van der Waals surface area contributed by atoms with E-state index in [-0.39, 0.29) is 0 Å². The normalized spacial score (nSPS) is 16.4. The van der Waals surface area contributed by atoms with E-state index < -0.39 is 6.09 Å². The van der Waals surface area contributed by atoms with Crippen molar-refractivity contribution in [3.8, 4) is 0 Å². The molecule has 2 heterocycles. The fraction of sp³-hybridized carbons (Fsp3) is 0.615. The number of aromatic nitrogens is 2. The van der Waals surface area contributed by atoms with Crippen LogP contribution in [0.25, 0.3) is 0 Å². The van der Waals surface area contributed by atoms with E-state index in [4.69, 9.17) is 22.4 Å². The summed E-state index contributed by atoms with van der Waals surface area (Å²) in [4.78, 5) is 20.6. The van der Waals surface area contributed by atoms with Crippen LogP contribution in [0.15, 0.2) is 0 Å². The Morgan fingerprint density at radius 1 is 1.45 bits per heavy atom. The summed E-state index contributed by atoms with van der Waals surface area (Å²) in [6, 6.07) is 0. The maximum Gasteiger partial charge on any atom is 0.407 e. The second-order valence-electron chi connectivity index (χ2n) is 5.18. The standard InChI is InChI=1S/C13H19ClN4O2/c1-8-16-11(14)10(12(15)17-8)3-2-9-4-6-18(7-5-9)13(19)20/h9H,2-7H2,1H3,(H,19,20)(H2,15,16,17). The molecule has 1 saturated heterocycles. The molecule has 0 spiro atoms. The summed E-state index contributed by atoms with van der Waals surface area (Å²) in [5, 5.41) is 9.34. The number of carboxylic acid groups (broad SMARTS) is 1. The van der Waals surface area contributed by atoms with Gasteiger partial charge in [0, 0.05) is 18.7 Å². The lowest BCUT2D eigenvalue weighted by atomic mass is 9.91. The molecular weight excluding hydrogens is 280 g/mol. The van der Waals surface area contributed by atoms with Crippen LogP contribution in [0.4, 0.5) is 10.6 Å². The van der Waals surface area contributed by atoms with E-state index in [0.29, 0.717) is 35.8 Å². The molecule has 1 fully saturated rings. The molecule has 2 rings (SSSR count). The molecule has 110 valence electrons. The molecule has 20 heavy (non-hydrogen) atoms. The number of hydrogen-bond acceptors (Lipinski definition) is 4. The Kier molecular flexibility index (Phi) is 4.65. The summed E-state index contributed by atoms with van der Waals surface area (Å²) in [5.74, 6) is 1.53. The molecule has 0 bridgehead atoms. The van der Waals surface area contributed by atoms with E-state index >= 15 is 0 Å². The summed E-state index contributed by atoms with van der Waals surface area (Å²) in [5.41, 5.74) is 6.68. The zero-order valence-corrected chi connectivity index (χ0v) is 12.2. The molecule has 1 aliphatic rings. The van der Waals surface area contributed by atoms with Crippen molar-refractivity contribution in [3.05, 3.63) is 16.5 Å². The van der Waals surface area contributed by atoms with E-state index in [0.717, 1.165) is 31.2 Å². The molecule has 0 aliphatic carbocycles. The number of nitrogens with zero attached hydrogens (tertiary/aromatic N) is 3. The lowest BCUT2D eigenvalue weighted by Crippen LogP contribution is -2.37. The number of carbonyl (C=O) groups is 1. The van der Waals surface area contributed by atoms with Gasteiger partial charge in [0.1, 0.15) is 16.8 Å². The summed E-state index contributed by atoms with van der Waals surface area (Å²) in [6.07, 6.45) is 2.61. The van der Waals surface area contributed by atoms with Gasteiger partial charge in [-0.25, -0.2) is 14.8 Å². The molecule has 0 aromatic carbocycles. The zero-order chi connectivity index (χ0) is 14.7. The van der Waals surface area contributed by atoms with Gasteiger partial charge in [-0.15, -0.1) is 0 Å². The Labute approximate surface area is 123 Å². The number of likely N-dealkylation sites (tertiary alicyclic amines) is 1. The monoisotopic (exact) mass is 298 g/mol. The summed E-state index contributed by atoms with van der Waals surface area (Å²) >= 11 is 6.10. The molecule has 0 radical (unpaired) electrons. The minimum absolute atomic E-state index is 0.429. The molecule has 6 nitrogen and oxygen atoms in total. The van der Waals surface area contributed by atoms with Crippen molar-refractivity contribution in [3.63, 3.8) is 0 Å². The predicted molar refractivity (Wildman–Crippen MR) is 76.8 cm³/mol. The van der Waals surface area contributed by atoms with E-state index in [1.54, 1.807) is 6.92 Å². The number of halogens is 1. The quantitative estimate of drug-likeness (QED) is 0.836. The van der Waals surface area contributed by atoms with Crippen LogP contribution < -0.4 is 5.73 Å². The highest BCUT2D eigenvalue weighted by molar-refractivity contribution is 6.30. The van der Waals surface area contributed by atoms with E-state index in [9.17, 15) is 4.79 Å². The van der Waals surface area contributed by atoms with Crippen molar-refractivity contribution in [2.24, 2.45) is 5.92 Å². The Morgan fingerprint density at radius 3 is 2.65 bits per heavy atom. The minimum atomic E-state index is -0.831. The lowest BCUT2D eigenvalue weighted by molar-refractivity contribution is 0.123. The highest BCUT2D eigenvalue weighted by Crippen LogP contribution is 2.26. The number of rotatable bonds is 3. The molecule has 0 unspecified atom stereocenters. The third-order valence-corrected chi connectivity index (χ3v) is 4.10. The van der Waals surface area contributed by atoms with Crippen LogP contribution >= 0.6 is 11.6 Å². The fourth-order valence-electron chi connectivity index (χ4n) is 2.57. The van der Waals surface area contributed by atoms with Gasteiger partial charge in [-0.1, -0.05) is 11.6 Å². The second-order valence-corrected chi connectivity index (χ2v) is 5.54. The maximum atomic E-state index is 10.8. The van der Waals surface area contributed by atoms with Gasteiger partial charge in [-0.2, -0.15) is 0 Å². The van der Waals surface area contributed by atoms with Gasteiger partial charge in [-0.3, -0.25) is 0 Å². The first-order valence-corrected chi connectivity index (χ1v) is 7.11. The van der Waals surface area contributed by atoms with Gasteiger partial charge in [0.15, 0.2) is 0 Å². The van der Waals surface area contributed by atoms with Crippen molar-refractivity contribution < 1.29 is 9.90 Å². The first-order valence-electron chi connectivity index (χ1n) is 6.73. The number of anilines is 1. The second kappa shape index (κ2) is 6.26. The number of piperidine rings is 1. The van der Waals surface area contributed by atoms with Crippen LogP contribution in [-0.4, -0.2) is 39.2 Å². The number of nitrogens with two attached hydrogens (primary N) is 1. The average Bonchev–Trinajstić information content (AvgIpc) is 2.38. The van der Waals surface area contributed by atoms with E-state index in [1.807, 2.05) is 0 Å². The Hall–Kier alpha value is -1.56. The number of aryl methyl sites for hydroxylation is 1. The summed E-state index contributed by atoms with van der Waals surface area (Å²) < 4.78 is 0. The van der Waals surface area contributed by atoms with Gasteiger partial charge in [0.25, 0.3) is 0 Å². The van der Waals surface area contributed by atoms with Crippen LogP contribution in [0, 0.1) is 12.8 Å². The molecule has 0 atom stereocenters. The van der Waals surface area contributed by atoms with Crippen LogP contribution in [0.5, 0.6) is 0 Å². The Bertz CT molecular complexity index is 478. The average molecular weight is 299 g/mol. The third kappa shape index (κ3) is 3.50.